The minimum Gasteiger partial charge on any atom is -0.383 e. The topological polar surface area (TPSA) is 110 Å². The van der Waals surface area contributed by atoms with Gasteiger partial charge in [-0.15, -0.1) is 0 Å². The van der Waals surface area contributed by atoms with Gasteiger partial charge in [-0.25, -0.2) is 9.97 Å². The van der Waals surface area contributed by atoms with Gasteiger partial charge in [0.2, 0.25) is 5.91 Å². The lowest BCUT2D eigenvalue weighted by molar-refractivity contribution is -0.121. The number of hydrogen-bond acceptors (Lipinski definition) is 6. The number of nitrogens with zero attached hydrogens (tertiary/aromatic N) is 3. The number of anilines is 2. The van der Waals surface area contributed by atoms with Crippen LogP contribution in [0.1, 0.15) is 71.4 Å². The number of nitrogens with one attached hydrogen (secondary N) is 1. The number of hydrogen-bond donors (Lipinski definition) is 2. The Morgan fingerprint density at radius 3 is 2.84 bits per heavy atom. The fraction of sp³-hybridized carbons (Fsp3) is 0.429. The predicted molar refractivity (Wildman–Crippen MR) is 140 cm³/mol. The number of carbonyl (C=O) groups is 2. The number of aromatic nitrogens is 2. The van der Waals surface area contributed by atoms with Crippen molar-refractivity contribution in [3.63, 3.8) is 0 Å². The number of rotatable bonds is 2. The number of ether oxygens (including phenoxy) is 1. The van der Waals surface area contributed by atoms with Crippen LogP contribution >= 0.6 is 11.6 Å². The third-order valence-electron chi connectivity index (χ3n) is 8.59. The number of nitrogens with two attached hydrogens (primary N) is 1. The quantitative estimate of drug-likeness (QED) is 0.506. The standard InChI is InChI=1S/C28H28ClN5O3/c1-14-2-3-23(15-6-16-9-28(4-5-28)27(36)33-24(16)20(29)7-15)34(11-14)26(35)21-8-17-18-12-37-13-19(18)25(30)32-22(17)10-31-21/h6-8,10,14,23H,2-5,9,11-13H2,1H3,(H2,30,32)(H,33,36)/t14-,23?/m0/s1. The first kappa shape index (κ1) is 22.9. The van der Waals surface area contributed by atoms with Gasteiger partial charge < -0.3 is 20.7 Å². The fourth-order valence-electron chi connectivity index (χ4n) is 6.27. The Morgan fingerprint density at radius 2 is 2.03 bits per heavy atom. The van der Waals surface area contributed by atoms with Crippen LogP contribution in [0.2, 0.25) is 5.02 Å². The van der Waals surface area contributed by atoms with Crippen molar-refractivity contribution in [2.24, 2.45) is 11.3 Å². The van der Waals surface area contributed by atoms with Crippen molar-refractivity contribution in [3.05, 3.63) is 57.4 Å². The number of amides is 2. The molecule has 1 spiro atoms. The predicted octanol–water partition coefficient (Wildman–Crippen LogP) is 4.78. The molecule has 1 saturated heterocycles. The fourth-order valence-corrected chi connectivity index (χ4v) is 6.56. The van der Waals surface area contributed by atoms with Gasteiger partial charge in [-0.1, -0.05) is 24.6 Å². The molecule has 9 heteroatoms. The van der Waals surface area contributed by atoms with Gasteiger partial charge in [-0.2, -0.15) is 0 Å². The molecule has 1 saturated carbocycles. The average Bonchev–Trinajstić information content (AvgIpc) is 3.47. The lowest BCUT2D eigenvalue weighted by atomic mass is 9.85. The van der Waals surface area contributed by atoms with Crippen LogP contribution in [0.3, 0.4) is 0 Å². The van der Waals surface area contributed by atoms with E-state index < -0.39 is 0 Å². The van der Waals surface area contributed by atoms with E-state index in [4.69, 9.17) is 22.1 Å². The molecular formula is C28H28ClN5O3. The van der Waals surface area contributed by atoms with Crippen molar-refractivity contribution in [1.29, 1.82) is 0 Å². The van der Waals surface area contributed by atoms with Gasteiger partial charge in [0, 0.05) is 17.5 Å². The van der Waals surface area contributed by atoms with E-state index in [0.717, 1.165) is 53.3 Å². The highest BCUT2D eigenvalue weighted by Gasteiger charge is 2.52. The molecule has 0 bridgehead atoms. The van der Waals surface area contributed by atoms with Crippen LogP contribution in [0.5, 0.6) is 0 Å². The highest BCUT2D eigenvalue weighted by Crippen LogP contribution is 2.54. The molecule has 7 rings (SSSR count). The maximum Gasteiger partial charge on any atom is 0.272 e. The van der Waals surface area contributed by atoms with E-state index in [1.54, 1.807) is 6.20 Å². The zero-order valence-electron chi connectivity index (χ0n) is 20.6. The SMILES string of the molecule is C[C@H]1CCC(c2cc(Cl)c3c(c2)CC2(CC2)C(=O)N3)N(C(=O)c2cc3c4c(c(N)nc3cn2)COC4)C1. The summed E-state index contributed by atoms with van der Waals surface area (Å²) >= 11 is 6.69. The first-order chi connectivity index (χ1) is 17.8. The van der Waals surface area contributed by atoms with Gasteiger partial charge in [0.1, 0.15) is 11.5 Å². The van der Waals surface area contributed by atoms with Gasteiger partial charge in [0.25, 0.3) is 5.91 Å². The summed E-state index contributed by atoms with van der Waals surface area (Å²) in [6.45, 7) is 3.70. The second kappa shape index (κ2) is 8.13. The molecule has 4 aliphatic rings. The minimum atomic E-state index is -0.276. The number of piperidine rings is 1. The Labute approximate surface area is 219 Å². The molecule has 37 heavy (non-hydrogen) atoms. The second-order valence-electron chi connectivity index (χ2n) is 11.1. The van der Waals surface area contributed by atoms with Gasteiger partial charge in [-0.3, -0.25) is 9.59 Å². The molecular weight excluding hydrogens is 490 g/mol. The summed E-state index contributed by atoms with van der Waals surface area (Å²) in [4.78, 5) is 37.4. The largest absolute Gasteiger partial charge is 0.383 e. The minimum absolute atomic E-state index is 0.0773. The molecule has 3 aliphatic heterocycles. The Bertz CT molecular complexity index is 1500. The van der Waals surface area contributed by atoms with Crippen LogP contribution in [0, 0.1) is 11.3 Å². The summed E-state index contributed by atoms with van der Waals surface area (Å²) in [5.74, 6) is 0.804. The highest BCUT2D eigenvalue weighted by atomic mass is 35.5. The van der Waals surface area contributed by atoms with Crippen molar-refractivity contribution in [3.8, 4) is 0 Å². The molecule has 2 amide bonds. The number of likely N-dealkylation sites (tertiary alicyclic amines) is 1. The molecule has 2 atom stereocenters. The molecule has 3 aromatic rings. The number of carbonyl (C=O) groups excluding carboxylic acids is 2. The summed E-state index contributed by atoms with van der Waals surface area (Å²) in [6.07, 6.45) is 6.02. The molecule has 1 unspecified atom stereocenters. The van der Waals surface area contributed by atoms with Crippen molar-refractivity contribution < 1.29 is 14.3 Å². The second-order valence-corrected chi connectivity index (χ2v) is 11.5. The van der Waals surface area contributed by atoms with Gasteiger partial charge in [0.15, 0.2) is 0 Å². The molecule has 8 nitrogen and oxygen atoms in total. The summed E-state index contributed by atoms with van der Waals surface area (Å²) in [6, 6.07) is 5.78. The summed E-state index contributed by atoms with van der Waals surface area (Å²) < 4.78 is 5.62. The number of benzene rings is 1. The normalized spacial score (nSPS) is 23.6. The van der Waals surface area contributed by atoms with Crippen LogP contribution in [-0.4, -0.2) is 33.2 Å². The van der Waals surface area contributed by atoms with Crippen LogP contribution in [0.25, 0.3) is 10.9 Å². The smallest absolute Gasteiger partial charge is 0.272 e. The van der Waals surface area contributed by atoms with E-state index in [1.165, 1.54) is 0 Å². The summed E-state index contributed by atoms with van der Waals surface area (Å²) in [5, 5.41) is 4.43. The zero-order chi connectivity index (χ0) is 25.5. The van der Waals surface area contributed by atoms with Gasteiger partial charge in [-0.05, 0) is 66.8 Å². The molecule has 2 fully saturated rings. The average molecular weight is 518 g/mol. The van der Waals surface area contributed by atoms with Crippen molar-refractivity contribution in [1.82, 2.24) is 14.9 Å². The third-order valence-corrected chi connectivity index (χ3v) is 8.89. The van der Waals surface area contributed by atoms with E-state index in [1.807, 2.05) is 17.0 Å². The van der Waals surface area contributed by atoms with E-state index >= 15 is 0 Å². The highest BCUT2D eigenvalue weighted by molar-refractivity contribution is 6.34. The molecule has 1 aromatic carbocycles. The van der Waals surface area contributed by atoms with Crippen molar-refractivity contribution in [2.45, 2.75) is 58.3 Å². The van der Waals surface area contributed by atoms with E-state index in [-0.39, 0.29) is 23.3 Å². The lowest BCUT2D eigenvalue weighted by Crippen LogP contribution is -2.42. The summed E-state index contributed by atoms with van der Waals surface area (Å²) in [7, 11) is 0. The Balaban J connectivity index is 1.26. The van der Waals surface area contributed by atoms with Crippen LogP contribution in [0.15, 0.2) is 24.4 Å². The van der Waals surface area contributed by atoms with Crippen molar-refractivity contribution >= 4 is 45.8 Å². The third kappa shape index (κ3) is 3.61. The first-order valence-corrected chi connectivity index (χ1v) is 13.3. The van der Waals surface area contributed by atoms with Crippen molar-refractivity contribution in [2.75, 3.05) is 17.6 Å². The van der Waals surface area contributed by atoms with Crippen LogP contribution in [-0.2, 0) is 29.2 Å². The maximum atomic E-state index is 14.0. The van der Waals surface area contributed by atoms with Gasteiger partial charge in [0.05, 0.1) is 47.1 Å². The molecule has 1 aliphatic carbocycles. The maximum absolute atomic E-state index is 14.0. The molecule has 3 N–H and O–H groups in total. The first-order valence-electron chi connectivity index (χ1n) is 12.9. The monoisotopic (exact) mass is 517 g/mol. The number of fused-ring (bicyclic) bond motifs is 4. The van der Waals surface area contributed by atoms with Gasteiger partial charge >= 0.3 is 0 Å². The van der Waals surface area contributed by atoms with E-state index in [0.29, 0.717) is 59.8 Å². The van der Waals surface area contributed by atoms with Crippen LogP contribution in [0.4, 0.5) is 11.5 Å². The zero-order valence-corrected chi connectivity index (χ0v) is 21.4. The lowest BCUT2D eigenvalue weighted by Gasteiger charge is -2.39. The number of nitrogen functional groups attached to an aromatic ring is 1. The Kier molecular flexibility index (Phi) is 5.04. The molecule has 5 heterocycles. The number of halogens is 1. The summed E-state index contributed by atoms with van der Waals surface area (Å²) in [5.41, 5.74) is 11.6. The van der Waals surface area contributed by atoms with E-state index in [9.17, 15) is 9.59 Å². The number of pyridine rings is 2. The molecule has 0 radical (unpaired) electrons. The Hall–Kier alpha value is -3.23. The van der Waals surface area contributed by atoms with Crippen LogP contribution < -0.4 is 11.1 Å². The Morgan fingerprint density at radius 1 is 1.22 bits per heavy atom. The molecule has 190 valence electrons. The molecule has 2 aromatic heterocycles. The van der Waals surface area contributed by atoms with E-state index in [2.05, 4.69) is 28.3 Å².